The summed E-state index contributed by atoms with van der Waals surface area (Å²) in [4.78, 5) is 12.6. The number of aliphatic hydroxyl groups is 1. The van der Waals surface area contributed by atoms with Crippen LogP contribution in [0.2, 0.25) is 5.02 Å². The molecule has 2 N–H and O–H groups in total. The van der Waals surface area contributed by atoms with E-state index in [0.29, 0.717) is 45.7 Å². The lowest BCUT2D eigenvalue weighted by atomic mass is 10.1. The van der Waals surface area contributed by atoms with Crippen LogP contribution in [0.15, 0.2) is 59.0 Å². The molecule has 0 aliphatic carbocycles. The highest BCUT2D eigenvalue weighted by Crippen LogP contribution is 2.32. The Morgan fingerprint density at radius 3 is 2.78 bits per heavy atom. The van der Waals surface area contributed by atoms with Crippen LogP contribution in [0, 0.1) is 0 Å². The van der Waals surface area contributed by atoms with Crippen LogP contribution in [-0.2, 0) is 6.61 Å². The molecule has 0 spiro atoms. The van der Waals surface area contributed by atoms with E-state index in [1.807, 2.05) is 13.0 Å². The molecule has 140 valence electrons. The van der Waals surface area contributed by atoms with Crippen molar-refractivity contribution in [2.75, 3.05) is 11.9 Å². The van der Waals surface area contributed by atoms with Crippen LogP contribution in [-0.4, -0.2) is 17.6 Å². The molecule has 27 heavy (non-hydrogen) atoms. The highest BCUT2D eigenvalue weighted by molar-refractivity contribution is 6.33. The van der Waals surface area contributed by atoms with Gasteiger partial charge in [-0.05, 0) is 55.0 Å². The van der Waals surface area contributed by atoms with Gasteiger partial charge in [-0.1, -0.05) is 24.6 Å². The maximum atomic E-state index is 12.6. The SMILES string of the molecule is CCCOc1cccc(C(=O)Nc2ccc(Cl)c(-c3ccc(CO)o3)c2)c1. The second-order valence-corrected chi connectivity index (χ2v) is 6.36. The van der Waals surface area contributed by atoms with Crippen LogP contribution >= 0.6 is 11.6 Å². The van der Waals surface area contributed by atoms with Gasteiger partial charge in [-0.15, -0.1) is 0 Å². The summed E-state index contributed by atoms with van der Waals surface area (Å²) in [6.07, 6.45) is 0.898. The number of anilines is 1. The van der Waals surface area contributed by atoms with E-state index < -0.39 is 0 Å². The first-order valence-electron chi connectivity index (χ1n) is 8.64. The number of amides is 1. The van der Waals surface area contributed by atoms with Gasteiger partial charge in [0.05, 0.1) is 11.6 Å². The Bertz CT molecular complexity index is 935. The number of nitrogens with one attached hydrogen (secondary N) is 1. The van der Waals surface area contributed by atoms with Crippen molar-refractivity contribution in [3.63, 3.8) is 0 Å². The molecule has 0 aliphatic rings. The molecular weight excluding hydrogens is 366 g/mol. The number of ether oxygens (including phenoxy) is 1. The first kappa shape index (κ1) is 19.0. The smallest absolute Gasteiger partial charge is 0.255 e. The third kappa shape index (κ3) is 4.70. The molecule has 0 saturated heterocycles. The first-order chi connectivity index (χ1) is 13.1. The van der Waals surface area contributed by atoms with Crippen LogP contribution in [0.4, 0.5) is 5.69 Å². The molecule has 0 fully saturated rings. The molecule has 1 heterocycles. The molecular formula is C21H20ClNO4. The average Bonchev–Trinajstić information content (AvgIpc) is 3.17. The molecule has 0 radical (unpaired) electrons. The molecule has 0 atom stereocenters. The van der Waals surface area contributed by atoms with Crippen molar-refractivity contribution >= 4 is 23.2 Å². The molecule has 1 aromatic heterocycles. The minimum absolute atomic E-state index is 0.190. The fourth-order valence-electron chi connectivity index (χ4n) is 2.55. The third-order valence-electron chi connectivity index (χ3n) is 3.88. The van der Waals surface area contributed by atoms with Crippen LogP contribution in [0.3, 0.4) is 0 Å². The Labute approximate surface area is 162 Å². The maximum Gasteiger partial charge on any atom is 0.255 e. The first-order valence-corrected chi connectivity index (χ1v) is 9.02. The van der Waals surface area contributed by atoms with Crippen molar-refractivity contribution in [1.29, 1.82) is 0 Å². The number of carbonyl (C=O) groups excluding carboxylic acids is 1. The molecule has 0 saturated carbocycles. The van der Waals surface area contributed by atoms with E-state index in [9.17, 15) is 4.79 Å². The fourth-order valence-corrected chi connectivity index (χ4v) is 2.76. The van der Waals surface area contributed by atoms with Crippen molar-refractivity contribution in [2.24, 2.45) is 0 Å². The lowest BCUT2D eigenvalue weighted by Gasteiger charge is -2.10. The summed E-state index contributed by atoms with van der Waals surface area (Å²) < 4.78 is 11.1. The standard InChI is InChI=1S/C21H20ClNO4/c1-2-10-26-16-5-3-4-14(11-16)21(25)23-15-6-8-19(22)18(12-15)20-9-7-17(13-24)27-20/h3-9,11-12,24H,2,10,13H2,1H3,(H,23,25). The average molecular weight is 386 g/mol. The predicted octanol–water partition coefficient (Wildman–Crippen LogP) is 5.13. The van der Waals surface area contributed by atoms with E-state index in [4.69, 9.17) is 25.9 Å². The zero-order valence-corrected chi connectivity index (χ0v) is 15.6. The second-order valence-electron chi connectivity index (χ2n) is 5.95. The van der Waals surface area contributed by atoms with Gasteiger partial charge in [-0.3, -0.25) is 4.79 Å². The monoisotopic (exact) mass is 385 g/mol. The highest BCUT2D eigenvalue weighted by atomic mass is 35.5. The van der Waals surface area contributed by atoms with E-state index in [-0.39, 0.29) is 12.5 Å². The zero-order valence-electron chi connectivity index (χ0n) is 14.9. The minimum Gasteiger partial charge on any atom is -0.494 e. The van der Waals surface area contributed by atoms with Crippen molar-refractivity contribution in [3.8, 4) is 17.1 Å². The van der Waals surface area contributed by atoms with Gasteiger partial charge in [0.1, 0.15) is 23.9 Å². The Kier molecular flexibility index (Phi) is 6.16. The van der Waals surface area contributed by atoms with Crippen molar-refractivity contribution in [1.82, 2.24) is 0 Å². The molecule has 5 nitrogen and oxygen atoms in total. The van der Waals surface area contributed by atoms with Crippen LogP contribution in [0.25, 0.3) is 11.3 Å². The van der Waals surface area contributed by atoms with Gasteiger partial charge >= 0.3 is 0 Å². The normalized spacial score (nSPS) is 10.6. The Morgan fingerprint density at radius 2 is 2.04 bits per heavy atom. The van der Waals surface area contributed by atoms with Gasteiger partial charge < -0.3 is 19.6 Å². The summed E-state index contributed by atoms with van der Waals surface area (Å²) in [6.45, 7) is 2.44. The summed E-state index contributed by atoms with van der Waals surface area (Å²) >= 11 is 6.25. The van der Waals surface area contributed by atoms with Gasteiger partial charge in [-0.25, -0.2) is 0 Å². The largest absolute Gasteiger partial charge is 0.494 e. The topological polar surface area (TPSA) is 71.7 Å². The molecule has 3 rings (SSSR count). The molecule has 1 amide bonds. The number of aliphatic hydroxyl groups excluding tert-OH is 1. The van der Waals surface area contributed by atoms with Gasteiger partial charge in [-0.2, -0.15) is 0 Å². The van der Waals surface area contributed by atoms with Crippen LogP contribution in [0.5, 0.6) is 5.75 Å². The van der Waals surface area contributed by atoms with E-state index >= 15 is 0 Å². The summed E-state index contributed by atoms with van der Waals surface area (Å²) in [5.41, 5.74) is 1.72. The Morgan fingerprint density at radius 1 is 1.19 bits per heavy atom. The lowest BCUT2D eigenvalue weighted by molar-refractivity contribution is 0.102. The third-order valence-corrected chi connectivity index (χ3v) is 4.21. The molecule has 0 unspecified atom stereocenters. The summed E-state index contributed by atoms with van der Waals surface area (Å²) in [5.74, 6) is 1.38. The number of hydrogen-bond acceptors (Lipinski definition) is 4. The highest BCUT2D eigenvalue weighted by Gasteiger charge is 2.12. The van der Waals surface area contributed by atoms with Gasteiger partial charge in [0.25, 0.3) is 5.91 Å². The van der Waals surface area contributed by atoms with E-state index in [1.165, 1.54) is 0 Å². The predicted molar refractivity (Wildman–Crippen MR) is 105 cm³/mol. The summed E-state index contributed by atoms with van der Waals surface area (Å²) in [7, 11) is 0. The summed E-state index contributed by atoms with van der Waals surface area (Å²) in [6, 6.07) is 15.6. The molecule has 6 heteroatoms. The van der Waals surface area contributed by atoms with E-state index in [1.54, 1.807) is 48.5 Å². The van der Waals surface area contributed by atoms with Gasteiger partial charge in [0.15, 0.2) is 0 Å². The van der Waals surface area contributed by atoms with Crippen molar-refractivity contribution in [3.05, 3.63) is 70.9 Å². The quantitative estimate of drug-likeness (QED) is 0.591. The number of carbonyl (C=O) groups is 1. The molecule has 0 bridgehead atoms. The van der Waals surface area contributed by atoms with Crippen LogP contribution < -0.4 is 10.1 Å². The molecule has 0 aliphatic heterocycles. The van der Waals surface area contributed by atoms with E-state index in [0.717, 1.165) is 6.42 Å². The maximum absolute atomic E-state index is 12.6. The number of hydrogen-bond donors (Lipinski definition) is 2. The lowest BCUT2D eigenvalue weighted by Crippen LogP contribution is -2.12. The van der Waals surface area contributed by atoms with Crippen LogP contribution in [0.1, 0.15) is 29.5 Å². The van der Waals surface area contributed by atoms with Gasteiger partial charge in [0, 0.05) is 16.8 Å². The fraction of sp³-hybridized carbons (Fsp3) is 0.190. The zero-order chi connectivity index (χ0) is 19.2. The number of halogens is 1. The van der Waals surface area contributed by atoms with Crippen molar-refractivity contribution < 1.29 is 19.1 Å². The molecule has 3 aromatic rings. The van der Waals surface area contributed by atoms with Gasteiger partial charge in [0.2, 0.25) is 0 Å². The van der Waals surface area contributed by atoms with E-state index in [2.05, 4.69) is 5.32 Å². The second kappa shape index (κ2) is 8.75. The number of rotatable bonds is 7. The Hall–Kier alpha value is -2.76. The van der Waals surface area contributed by atoms with Crippen molar-refractivity contribution in [2.45, 2.75) is 20.0 Å². The summed E-state index contributed by atoms with van der Waals surface area (Å²) in [5, 5.41) is 12.5. The number of benzene rings is 2. The molecule has 2 aromatic carbocycles. The minimum atomic E-state index is -0.249. The Balaban J connectivity index is 1.79. The number of furan rings is 1.